The first-order valence-electron chi connectivity index (χ1n) is 38.3. The number of rotatable bonds is 72. The van der Waals surface area contributed by atoms with Crippen LogP contribution in [-0.4, -0.2) is 47.4 Å². The molecular weight excluding hydrogens is 1030 g/mol. The molecule has 1 amide bonds. The topological polar surface area (TPSA) is 95.9 Å². The average Bonchev–Trinajstić information content (AvgIpc) is 3.51. The molecule has 0 radical (unpaired) electrons. The van der Waals surface area contributed by atoms with Gasteiger partial charge in [0.05, 0.1) is 25.4 Å². The molecular formula is C78H149NO5. The summed E-state index contributed by atoms with van der Waals surface area (Å²) in [6, 6.07) is -0.626. The van der Waals surface area contributed by atoms with E-state index in [0.717, 1.165) is 51.4 Å². The predicted octanol–water partition coefficient (Wildman–Crippen LogP) is 25.0. The van der Waals surface area contributed by atoms with Crippen molar-refractivity contribution in [1.82, 2.24) is 5.32 Å². The van der Waals surface area contributed by atoms with Gasteiger partial charge >= 0.3 is 5.97 Å². The van der Waals surface area contributed by atoms with Gasteiger partial charge in [-0.05, 0) is 64.2 Å². The third kappa shape index (κ3) is 69.2. The first-order chi connectivity index (χ1) is 41.5. The summed E-state index contributed by atoms with van der Waals surface area (Å²) in [5, 5.41) is 23.3. The van der Waals surface area contributed by atoms with Gasteiger partial charge in [-0.1, -0.05) is 384 Å². The molecule has 0 aliphatic carbocycles. The largest absolute Gasteiger partial charge is 0.466 e. The van der Waals surface area contributed by atoms with Crippen LogP contribution < -0.4 is 5.32 Å². The van der Waals surface area contributed by atoms with Crippen molar-refractivity contribution in [2.24, 2.45) is 0 Å². The molecule has 2 unspecified atom stereocenters. The van der Waals surface area contributed by atoms with Gasteiger partial charge in [0.25, 0.3) is 0 Å². The summed E-state index contributed by atoms with van der Waals surface area (Å²) in [5.74, 6) is -0.0526. The number of carbonyl (C=O) groups excluding carboxylic acids is 2. The Bertz CT molecular complexity index is 1360. The van der Waals surface area contributed by atoms with Crippen molar-refractivity contribution in [2.75, 3.05) is 13.2 Å². The Balaban J connectivity index is 3.36. The third-order valence-corrected chi connectivity index (χ3v) is 17.9. The van der Waals surface area contributed by atoms with Gasteiger partial charge in [0, 0.05) is 12.8 Å². The van der Waals surface area contributed by atoms with E-state index < -0.39 is 12.1 Å². The summed E-state index contributed by atoms with van der Waals surface area (Å²) in [6.45, 7) is 4.92. The quantitative estimate of drug-likeness (QED) is 0.0320. The molecule has 0 fully saturated rings. The lowest BCUT2D eigenvalue weighted by atomic mass is 10.0. The molecule has 496 valence electrons. The third-order valence-electron chi connectivity index (χ3n) is 17.9. The number of carbonyl (C=O) groups is 2. The van der Waals surface area contributed by atoms with Crippen molar-refractivity contribution < 1.29 is 24.5 Å². The predicted molar refractivity (Wildman–Crippen MR) is 370 cm³/mol. The van der Waals surface area contributed by atoms with E-state index in [0.29, 0.717) is 19.4 Å². The van der Waals surface area contributed by atoms with Gasteiger partial charge < -0.3 is 20.3 Å². The minimum atomic E-state index is -0.843. The number of esters is 1. The molecule has 0 spiro atoms. The maximum absolute atomic E-state index is 12.5. The highest BCUT2D eigenvalue weighted by molar-refractivity contribution is 5.76. The first-order valence-corrected chi connectivity index (χ1v) is 38.3. The minimum Gasteiger partial charge on any atom is -0.466 e. The van der Waals surface area contributed by atoms with Gasteiger partial charge in [0.2, 0.25) is 5.91 Å². The van der Waals surface area contributed by atoms with Gasteiger partial charge in [-0.3, -0.25) is 9.59 Å². The molecule has 0 bridgehead atoms. The molecule has 0 saturated heterocycles. The first kappa shape index (κ1) is 82.1. The zero-order valence-corrected chi connectivity index (χ0v) is 56.9. The van der Waals surface area contributed by atoms with E-state index in [1.165, 1.54) is 347 Å². The number of amides is 1. The van der Waals surface area contributed by atoms with Crippen LogP contribution in [0.15, 0.2) is 36.5 Å². The van der Waals surface area contributed by atoms with Crippen LogP contribution in [0.1, 0.15) is 425 Å². The number of allylic oxidation sites excluding steroid dienone is 5. The fourth-order valence-electron chi connectivity index (χ4n) is 12.1. The van der Waals surface area contributed by atoms with Crippen LogP contribution >= 0.6 is 0 Å². The Kier molecular flexibility index (Phi) is 71.9. The Morgan fingerprint density at radius 2 is 0.595 bits per heavy atom. The van der Waals surface area contributed by atoms with Crippen LogP contribution in [0, 0.1) is 0 Å². The van der Waals surface area contributed by atoms with Crippen molar-refractivity contribution in [3.05, 3.63) is 36.5 Å². The molecule has 6 nitrogen and oxygen atoms in total. The van der Waals surface area contributed by atoms with Crippen molar-refractivity contribution in [3.63, 3.8) is 0 Å². The SMILES string of the molecule is CCCCC/C=C\C/C=C\CCCCCCCC(=O)OCCCCCCCCCCCCCCCCCCCCCCCCCCCCCCCCCC(=O)NC(CO)C(O)/C=C/CCCCCCCCCCCCCCCCCCCCC. The molecule has 0 aromatic heterocycles. The van der Waals surface area contributed by atoms with Gasteiger partial charge in [-0.25, -0.2) is 0 Å². The van der Waals surface area contributed by atoms with Crippen molar-refractivity contribution in [3.8, 4) is 0 Å². The van der Waals surface area contributed by atoms with Gasteiger partial charge in [0.1, 0.15) is 0 Å². The molecule has 0 aromatic rings. The van der Waals surface area contributed by atoms with Crippen molar-refractivity contribution in [1.29, 1.82) is 0 Å². The van der Waals surface area contributed by atoms with E-state index in [2.05, 4.69) is 43.5 Å². The zero-order chi connectivity index (χ0) is 60.6. The number of unbranched alkanes of at least 4 members (excludes halogenated alkanes) is 57. The van der Waals surface area contributed by atoms with E-state index in [1.807, 2.05) is 6.08 Å². The molecule has 0 aliphatic rings. The van der Waals surface area contributed by atoms with Gasteiger partial charge in [-0.2, -0.15) is 0 Å². The van der Waals surface area contributed by atoms with Gasteiger partial charge in [0.15, 0.2) is 0 Å². The fourth-order valence-corrected chi connectivity index (χ4v) is 12.1. The van der Waals surface area contributed by atoms with E-state index in [1.54, 1.807) is 6.08 Å². The molecule has 0 heterocycles. The molecule has 0 saturated carbocycles. The molecule has 84 heavy (non-hydrogen) atoms. The second-order valence-corrected chi connectivity index (χ2v) is 26.3. The van der Waals surface area contributed by atoms with Crippen molar-refractivity contribution >= 4 is 11.9 Å². The maximum atomic E-state index is 12.5. The molecule has 0 aliphatic heterocycles. The minimum absolute atomic E-state index is 0.00691. The van der Waals surface area contributed by atoms with Crippen LogP contribution in [0.25, 0.3) is 0 Å². The molecule has 2 atom stereocenters. The zero-order valence-electron chi connectivity index (χ0n) is 56.9. The summed E-state index contributed by atoms with van der Waals surface area (Å²) in [5.41, 5.74) is 0. The lowest BCUT2D eigenvalue weighted by Gasteiger charge is -2.20. The highest BCUT2D eigenvalue weighted by Crippen LogP contribution is 2.19. The van der Waals surface area contributed by atoms with E-state index >= 15 is 0 Å². The van der Waals surface area contributed by atoms with Crippen LogP contribution in [-0.2, 0) is 14.3 Å². The Morgan fingerprint density at radius 1 is 0.333 bits per heavy atom. The second-order valence-electron chi connectivity index (χ2n) is 26.3. The molecule has 0 aromatic carbocycles. The lowest BCUT2D eigenvalue weighted by Crippen LogP contribution is -2.45. The summed E-state index contributed by atoms with van der Waals surface area (Å²) in [4.78, 5) is 24.6. The monoisotopic (exact) mass is 1180 g/mol. The Morgan fingerprint density at radius 3 is 0.929 bits per heavy atom. The Hall–Kier alpha value is -1.92. The van der Waals surface area contributed by atoms with Crippen LogP contribution in [0.2, 0.25) is 0 Å². The summed E-state index contributed by atoms with van der Waals surface area (Å²) in [6.07, 6.45) is 95.4. The van der Waals surface area contributed by atoms with Crippen LogP contribution in [0.5, 0.6) is 0 Å². The fraction of sp³-hybridized carbons (Fsp3) is 0.897. The lowest BCUT2D eigenvalue weighted by molar-refractivity contribution is -0.143. The number of hydrogen-bond acceptors (Lipinski definition) is 5. The number of aliphatic hydroxyl groups excluding tert-OH is 2. The van der Waals surface area contributed by atoms with Crippen LogP contribution in [0.3, 0.4) is 0 Å². The number of ether oxygens (including phenoxy) is 1. The standard InChI is InChI=1S/C78H149NO5/c1-3-5-7-9-11-13-15-17-19-20-21-33-36-39-43-46-50-54-58-62-66-70-76(81)75(74-80)79-77(82)71-67-63-59-55-51-47-44-40-37-34-31-29-27-25-23-22-24-26-28-30-32-35-38-41-45-49-53-57-61-65-69-73-84-78(83)72-68-64-60-56-52-48-42-18-16-14-12-10-8-6-4-2/h12,14,18,42,66,70,75-76,80-81H,3-11,13,15-17,19-41,43-65,67-69,71-74H2,1-2H3,(H,79,82)/b14-12-,42-18-,70-66+. The van der Waals surface area contributed by atoms with Crippen molar-refractivity contribution in [2.45, 2.75) is 437 Å². The summed E-state index contributed by atoms with van der Waals surface area (Å²) >= 11 is 0. The number of nitrogens with one attached hydrogen (secondary N) is 1. The Labute approximate surface area is 525 Å². The van der Waals surface area contributed by atoms with E-state index in [9.17, 15) is 19.8 Å². The highest BCUT2D eigenvalue weighted by atomic mass is 16.5. The molecule has 3 N–H and O–H groups in total. The summed E-state index contributed by atoms with van der Waals surface area (Å²) < 4.78 is 5.49. The number of hydrogen-bond donors (Lipinski definition) is 3. The summed E-state index contributed by atoms with van der Waals surface area (Å²) in [7, 11) is 0. The van der Waals surface area contributed by atoms with Crippen LogP contribution in [0.4, 0.5) is 0 Å². The highest BCUT2D eigenvalue weighted by Gasteiger charge is 2.18. The normalized spacial score (nSPS) is 12.7. The van der Waals surface area contributed by atoms with E-state index in [4.69, 9.17) is 4.74 Å². The molecule has 0 rings (SSSR count). The number of aliphatic hydroxyl groups is 2. The van der Waals surface area contributed by atoms with E-state index in [-0.39, 0.29) is 18.5 Å². The van der Waals surface area contributed by atoms with Gasteiger partial charge in [-0.15, -0.1) is 0 Å². The molecule has 6 heteroatoms. The second kappa shape index (κ2) is 73.5. The average molecular weight is 1180 g/mol. The smallest absolute Gasteiger partial charge is 0.305 e. The maximum Gasteiger partial charge on any atom is 0.305 e.